The maximum absolute atomic E-state index is 11.8. The molecule has 2 N–H and O–H groups in total. The van der Waals surface area contributed by atoms with Crippen LogP contribution in [0.2, 0.25) is 0 Å². The number of anilines is 1. The first-order valence-electron chi connectivity index (χ1n) is 6.95. The fraction of sp³-hybridized carbons (Fsp3) is 0.533. The molecule has 104 valence electrons. The van der Waals surface area contributed by atoms with Crippen molar-refractivity contribution in [3.8, 4) is 0 Å². The van der Waals surface area contributed by atoms with Gasteiger partial charge in [-0.25, -0.2) is 0 Å². The van der Waals surface area contributed by atoms with E-state index in [-0.39, 0.29) is 11.9 Å². The second-order valence-electron chi connectivity index (χ2n) is 4.91. The van der Waals surface area contributed by atoms with Crippen molar-refractivity contribution in [2.24, 2.45) is 11.7 Å². The molecule has 0 amide bonds. The summed E-state index contributed by atoms with van der Waals surface area (Å²) in [6.07, 6.45) is 1.96. The molecule has 19 heavy (non-hydrogen) atoms. The lowest BCUT2D eigenvalue weighted by molar-refractivity contribution is -0.148. The highest BCUT2D eigenvalue weighted by Crippen LogP contribution is 2.24. The molecule has 1 atom stereocenters. The maximum atomic E-state index is 11.8. The van der Waals surface area contributed by atoms with Crippen molar-refractivity contribution >= 4 is 11.7 Å². The second-order valence-corrected chi connectivity index (χ2v) is 4.91. The fourth-order valence-electron chi connectivity index (χ4n) is 2.51. The number of carbonyl (C=O) groups is 1. The summed E-state index contributed by atoms with van der Waals surface area (Å²) in [6.45, 7) is 4.62. The smallest absolute Gasteiger partial charge is 0.310 e. The third-order valence-corrected chi connectivity index (χ3v) is 3.58. The van der Waals surface area contributed by atoms with Crippen molar-refractivity contribution in [3.63, 3.8) is 0 Å². The van der Waals surface area contributed by atoms with Crippen LogP contribution >= 0.6 is 0 Å². The molecule has 0 saturated carbocycles. The van der Waals surface area contributed by atoms with E-state index in [0.29, 0.717) is 13.2 Å². The molecule has 1 saturated heterocycles. The lowest BCUT2D eigenvalue weighted by Gasteiger charge is -2.33. The van der Waals surface area contributed by atoms with Gasteiger partial charge in [-0.05, 0) is 37.5 Å². The monoisotopic (exact) mass is 262 g/mol. The van der Waals surface area contributed by atoms with E-state index in [4.69, 9.17) is 10.5 Å². The molecule has 2 rings (SSSR count). The zero-order valence-electron chi connectivity index (χ0n) is 11.5. The first kappa shape index (κ1) is 13.9. The van der Waals surface area contributed by atoms with Gasteiger partial charge in [-0.3, -0.25) is 4.79 Å². The van der Waals surface area contributed by atoms with Gasteiger partial charge in [0.05, 0.1) is 12.5 Å². The lowest BCUT2D eigenvalue weighted by atomic mass is 9.97. The fourth-order valence-corrected chi connectivity index (χ4v) is 2.51. The summed E-state index contributed by atoms with van der Waals surface area (Å²) in [5.74, 6) is -0.0614. The Kier molecular flexibility index (Phi) is 4.80. The van der Waals surface area contributed by atoms with Gasteiger partial charge < -0.3 is 15.4 Å². The number of nitrogens with two attached hydrogens (primary N) is 1. The Balaban J connectivity index is 2.01. The predicted octanol–water partition coefficient (Wildman–Crippen LogP) is 1.92. The van der Waals surface area contributed by atoms with Gasteiger partial charge in [-0.2, -0.15) is 0 Å². The minimum Gasteiger partial charge on any atom is -0.466 e. The Hall–Kier alpha value is -1.55. The van der Waals surface area contributed by atoms with E-state index in [2.05, 4.69) is 17.0 Å². The van der Waals surface area contributed by atoms with E-state index < -0.39 is 0 Å². The van der Waals surface area contributed by atoms with Crippen LogP contribution in [0.5, 0.6) is 0 Å². The Morgan fingerprint density at radius 2 is 2.16 bits per heavy atom. The average molecular weight is 262 g/mol. The molecule has 0 aliphatic carbocycles. The maximum Gasteiger partial charge on any atom is 0.310 e. The number of piperidine rings is 1. The summed E-state index contributed by atoms with van der Waals surface area (Å²) in [7, 11) is 0. The van der Waals surface area contributed by atoms with Crippen LogP contribution in [-0.4, -0.2) is 25.7 Å². The quantitative estimate of drug-likeness (QED) is 0.842. The molecule has 1 aromatic carbocycles. The number of ether oxygens (including phenoxy) is 1. The standard InChI is InChI=1S/C15H22N2O2/c1-2-19-15(18)13-4-3-9-17(11-13)14-7-5-12(10-16)6-8-14/h5-8,13H,2-4,9-11,16H2,1H3. The minimum atomic E-state index is -0.0641. The highest BCUT2D eigenvalue weighted by molar-refractivity contribution is 5.73. The van der Waals surface area contributed by atoms with Crippen LogP contribution in [0.1, 0.15) is 25.3 Å². The van der Waals surface area contributed by atoms with Gasteiger partial charge in [0.25, 0.3) is 0 Å². The number of nitrogens with zero attached hydrogens (tertiary/aromatic N) is 1. The summed E-state index contributed by atoms with van der Waals surface area (Å²) in [5.41, 5.74) is 7.88. The number of hydrogen-bond donors (Lipinski definition) is 1. The summed E-state index contributed by atoms with van der Waals surface area (Å²) in [5, 5.41) is 0. The zero-order chi connectivity index (χ0) is 13.7. The van der Waals surface area contributed by atoms with Crippen LogP contribution in [0.3, 0.4) is 0 Å². The van der Waals surface area contributed by atoms with Crippen molar-refractivity contribution in [2.75, 3.05) is 24.6 Å². The Labute approximate surface area is 114 Å². The summed E-state index contributed by atoms with van der Waals surface area (Å²) < 4.78 is 5.12. The molecule has 0 aromatic heterocycles. The summed E-state index contributed by atoms with van der Waals surface area (Å²) in [4.78, 5) is 14.1. The van der Waals surface area contributed by atoms with Crippen molar-refractivity contribution in [2.45, 2.75) is 26.3 Å². The largest absolute Gasteiger partial charge is 0.466 e. The van der Waals surface area contributed by atoms with Gasteiger partial charge in [-0.1, -0.05) is 12.1 Å². The van der Waals surface area contributed by atoms with Crippen LogP contribution in [-0.2, 0) is 16.1 Å². The molecular weight excluding hydrogens is 240 g/mol. The van der Waals surface area contributed by atoms with Gasteiger partial charge in [-0.15, -0.1) is 0 Å². The van der Waals surface area contributed by atoms with E-state index >= 15 is 0 Å². The summed E-state index contributed by atoms with van der Waals surface area (Å²) in [6, 6.07) is 8.25. The third kappa shape index (κ3) is 3.47. The predicted molar refractivity (Wildman–Crippen MR) is 75.9 cm³/mol. The molecule has 1 fully saturated rings. The topological polar surface area (TPSA) is 55.6 Å². The van der Waals surface area contributed by atoms with Crippen molar-refractivity contribution < 1.29 is 9.53 Å². The van der Waals surface area contributed by atoms with Gasteiger partial charge in [0.15, 0.2) is 0 Å². The Morgan fingerprint density at radius 3 is 2.79 bits per heavy atom. The molecule has 4 heteroatoms. The highest BCUT2D eigenvalue weighted by Gasteiger charge is 2.26. The minimum absolute atomic E-state index is 0.00267. The number of benzene rings is 1. The molecule has 1 aliphatic rings. The summed E-state index contributed by atoms with van der Waals surface area (Å²) >= 11 is 0. The first-order chi connectivity index (χ1) is 9.24. The number of carbonyl (C=O) groups excluding carboxylic acids is 1. The molecule has 1 aromatic rings. The van der Waals surface area contributed by atoms with E-state index in [1.165, 1.54) is 0 Å². The lowest BCUT2D eigenvalue weighted by Crippen LogP contribution is -2.39. The van der Waals surface area contributed by atoms with Crippen molar-refractivity contribution in [1.82, 2.24) is 0 Å². The van der Waals surface area contributed by atoms with E-state index in [1.807, 2.05) is 19.1 Å². The molecule has 4 nitrogen and oxygen atoms in total. The zero-order valence-corrected chi connectivity index (χ0v) is 11.5. The Bertz CT molecular complexity index is 417. The second kappa shape index (κ2) is 6.57. The van der Waals surface area contributed by atoms with Crippen LogP contribution in [0.25, 0.3) is 0 Å². The Morgan fingerprint density at radius 1 is 1.42 bits per heavy atom. The molecule has 1 aliphatic heterocycles. The molecule has 0 bridgehead atoms. The molecule has 0 radical (unpaired) electrons. The van der Waals surface area contributed by atoms with Gasteiger partial charge in [0.1, 0.15) is 0 Å². The molecular formula is C15H22N2O2. The van der Waals surface area contributed by atoms with Crippen molar-refractivity contribution in [1.29, 1.82) is 0 Å². The molecule has 1 heterocycles. The van der Waals surface area contributed by atoms with Crippen molar-refractivity contribution in [3.05, 3.63) is 29.8 Å². The normalized spacial score (nSPS) is 19.3. The van der Waals surface area contributed by atoms with Crippen LogP contribution in [0.4, 0.5) is 5.69 Å². The van der Waals surface area contributed by atoms with E-state index in [0.717, 1.165) is 37.2 Å². The number of hydrogen-bond acceptors (Lipinski definition) is 4. The van der Waals surface area contributed by atoms with Gasteiger partial charge in [0.2, 0.25) is 0 Å². The average Bonchev–Trinajstić information content (AvgIpc) is 2.48. The van der Waals surface area contributed by atoms with Crippen LogP contribution in [0, 0.1) is 5.92 Å². The number of esters is 1. The molecule has 0 spiro atoms. The van der Waals surface area contributed by atoms with Crippen LogP contribution < -0.4 is 10.6 Å². The van der Waals surface area contributed by atoms with E-state index in [9.17, 15) is 4.79 Å². The highest BCUT2D eigenvalue weighted by atomic mass is 16.5. The van der Waals surface area contributed by atoms with Crippen LogP contribution in [0.15, 0.2) is 24.3 Å². The van der Waals surface area contributed by atoms with Gasteiger partial charge >= 0.3 is 5.97 Å². The van der Waals surface area contributed by atoms with E-state index in [1.54, 1.807) is 0 Å². The SMILES string of the molecule is CCOC(=O)C1CCCN(c2ccc(CN)cc2)C1. The van der Waals surface area contributed by atoms with Gasteiger partial charge in [0, 0.05) is 25.3 Å². The first-order valence-corrected chi connectivity index (χ1v) is 6.95. The third-order valence-electron chi connectivity index (χ3n) is 3.58. The molecule has 1 unspecified atom stereocenters. The number of rotatable bonds is 4.